The van der Waals surface area contributed by atoms with Crippen molar-refractivity contribution in [1.29, 1.82) is 0 Å². The molecule has 5 heteroatoms. The standard InChI is InChI=1S/C15H17ClN2OS/c16-11-5-2-1-4-10(11)13(19)8-17-9-15-18-12-6-3-7-14(12)20-15/h1-2,4-5,13,17,19H,3,6-9H2. The smallest absolute Gasteiger partial charge is 0.107 e. The number of aromatic nitrogens is 1. The van der Waals surface area contributed by atoms with Crippen molar-refractivity contribution in [2.75, 3.05) is 6.54 Å². The molecule has 0 fully saturated rings. The number of nitrogens with zero attached hydrogens (tertiary/aromatic N) is 1. The van der Waals surface area contributed by atoms with Gasteiger partial charge in [0.05, 0.1) is 11.8 Å². The molecule has 0 aliphatic heterocycles. The fourth-order valence-corrected chi connectivity index (χ4v) is 3.88. The largest absolute Gasteiger partial charge is 0.387 e. The third kappa shape index (κ3) is 3.04. The highest BCUT2D eigenvalue weighted by molar-refractivity contribution is 7.11. The van der Waals surface area contributed by atoms with Crippen molar-refractivity contribution in [3.63, 3.8) is 0 Å². The molecular weight excluding hydrogens is 292 g/mol. The van der Waals surface area contributed by atoms with Gasteiger partial charge in [-0.3, -0.25) is 0 Å². The summed E-state index contributed by atoms with van der Waals surface area (Å²) in [5, 5.41) is 15.1. The summed E-state index contributed by atoms with van der Waals surface area (Å²) in [7, 11) is 0. The number of nitrogens with one attached hydrogen (secondary N) is 1. The fraction of sp³-hybridized carbons (Fsp3) is 0.400. The van der Waals surface area contributed by atoms with E-state index in [4.69, 9.17) is 11.6 Å². The first-order valence-corrected chi connectivity index (χ1v) is 8.04. The molecule has 1 aliphatic rings. The molecule has 3 nitrogen and oxygen atoms in total. The molecule has 20 heavy (non-hydrogen) atoms. The van der Waals surface area contributed by atoms with Crippen LogP contribution >= 0.6 is 22.9 Å². The summed E-state index contributed by atoms with van der Waals surface area (Å²) in [5.74, 6) is 0. The van der Waals surface area contributed by atoms with Gasteiger partial charge in [0.1, 0.15) is 5.01 Å². The van der Waals surface area contributed by atoms with E-state index >= 15 is 0 Å². The monoisotopic (exact) mass is 308 g/mol. The van der Waals surface area contributed by atoms with E-state index < -0.39 is 6.10 Å². The quantitative estimate of drug-likeness (QED) is 0.892. The van der Waals surface area contributed by atoms with E-state index in [2.05, 4.69) is 10.3 Å². The minimum atomic E-state index is -0.587. The van der Waals surface area contributed by atoms with Gasteiger partial charge in [-0.2, -0.15) is 0 Å². The molecule has 0 saturated heterocycles. The number of aliphatic hydroxyl groups is 1. The lowest BCUT2D eigenvalue weighted by Gasteiger charge is -2.12. The Labute approximate surface area is 127 Å². The molecule has 1 aromatic heterocycles. The molecule has 1 aliphatic carbocycles. The Balaban J connectivity index is 1.53. The van der Waals surface area contributed by atoms with Crippen LogP contribution in [0.15, 0.2) is 24.3 Å². The summed E-state index contributed by atoms with van der Waals surface area (Å²) >= 11 is 7.86. The SMILES string of the molecule is OC(CNCc1nc2c(s1)CCC2)c1ccccc1Cl. The van der Waals surface area contributed by atoms with Crippen LogP contribution < -0.4 is 5.32 Å². The fourth-order valence-electron chi connectivity index (χ4n) is 2.49. The summed E-state index contributed by atoms with van der Waals surface area (Å²) in [5.41, 5.74) is 2.04. The topological polar surface area (TPSA) is 45.1 Å². The summed E-state index contributed by atoms with van der Waals surface area (Å²) in [6.07, 6.45) is 2.95. The molecule has 0 amide bonds. The molecule has 1 heterocycles. The third-order valence-electron chi connectivity index (χ3n) is 3.52. The Morgan fingerprint density at radius 3 is 3.00 bits per heavy atom. The number of thiazole rings is 1. The summed E-state index contributed by atoms with van der Waals surface area (Å²) < 4.78 is 0. The van der Waals surface area contributed by atoms with Gasteiger partial charge in [-0.1, -0.05) is 29.8 Å². The lowest BCUT2D eigenvalue weighted by molar-refractivity contribution is 0.174. The predicted molar refractivity (Wildman–Crippen MR) is 82.3 cm³/mol. The minimum absolute atomic E-state index is 0.480. The van der Waals surface area contributed by atoms with Gasteiger partial charge in [-0.05, 0) is 25.3 Å². The van der Waals surface area contributed by atoms with Crippen molar-refractivity contribution >= 4 is 22.9 Å². The van der Waals surface area contributed by atoms with Crippen LogP contribution in [0.3, 0.4) is 0 Å². The Bertz CT molecular complexity index is 578. The summed E-state index contributed by atoms with van der Waals surface area (Å²) in [6.45, 7) is 1.19. The number of rotatable bonds is 5. The maximum atomic E-state index is 10.1. The van der Waals surface area contributed by atoms with Crippen molar-refractivity contribution in [1.82, 2.24) is 10.3 Å². The van der Waals surface area contributed by atoms with Crippen molar-refractivity contribution in [2.45, 2.75) is 31.9 Å². The number of aliphatic hydroxyl groups excluding tert-OH is 1. The maximum Gasteiger partial charge on any atom is 0.107 e. The zero-order chi connectivity index (χ0) is 13.9. The minimum Gasteiger partial charge on any atom is -0.387 e. The van der Waals surface area contributed by atoms with Crippen molar-refractivity contribution in [3.8, 4) is 0 Å². The Morgan fingerprint density at radius 1 is 1.35 bits per heavy atom. The number of benzene rings is 1. The van der Waals surface area contributed by atoms with Crippen LogP contribution in [0, 0.1) is 0 Å². The maximum absolute atomic E-state index is 10.1. The van der Waals surface area contributed by atoms with Crippen LogP contribution in [0.25, 0.3) is 0 Å². The molecule has 0 bridgehead atoms. The second-order valence-electron chi connectivity index (χ2n) is 5.00. The molecule has 0 spiro atoms. The zero-order valence-corrected chi connectivity index (χ0v) is 12.7. The number of halogens is 1. The molecular formula is C15H17ClN2OS. The van der Waals surface area contributed by atoms with Crippen LogP contribution in [0.2, 0.25) is 5.02 Å². The average molecular weight is 309 g/mol. The lowest BCUT2D eigenvalue weighted by atomic mass is 10.1. The normalized spacial score (nSPS) is 15.3. The molecule has 1 aromatic carbocycles. The molecule has 106 valence electrons. The van der Waals surface area contributed by atoms with Crippen LogP contribution in [0.5, 0.6) is 0 Å². The molecule has 2 aromatic rings. The summed E-state index contributed by atoms with van der Waals surface area (Å²) in [4.78, 5) is 6.06. The third-order valence-corrected chi connectivity index (χ3v) is 5.02. The first kappa shape index (κ1) is 14.0. The van der Waals surface area contributed by atoms with Gasteiger partial charge in [-0.25, -0.2) is 4.98 Å². The van der Waals surface area contributed by atoms with Crippen molar-refractivity contribution in [2.24, 2.45) is 0 Å². The second kappa shape index (κ2) is 6.22. The molecule has 0 radical (unpaired) electrons. The Hall–Kier alpha value is -0.940. The first-order valence-electron chi connectivity index (χ1n) is 6.84. The van der Waals surface area contributed by atoms with Crippen LogP contribution in [0.1, 0.15) is 33.7 Å². The predicted octanol–water partition coefficient (Wildman–Crippen LogP) is 3.11. The first-order chi connectivity index (χ1) is 9.74. The number of hydrogen-bond acceptors (Lipinski definition) is 4. The van der Waals surface area contributed by atoms with Gasteiger partial charge >= 0.3 is 0 Å². The van der Waals surface area contributed by atoms with Crippen LogP contribution in [-0.4, -0.2) is 16.6 Å². The highest BCUT2D eigenvalue weighted by Crippen LogP contribution is 2.27. The van der Waals surface area contributed by atoms with Crippen molar-refractivity contribution in [3.05, 3.63) is 50.4 Å². The zero-order valence-electron chi connectivity index (χ0n) is 11.1. The van der Waals surface area contributed by atoms with E-state index in [0.29, 0.717) is 18.1 Å². The highest BCUT2D eigenvalue weighted by atomic mass is 35.5. The van der Waals surface area contributed by atoms with E-state index in [1.807, 2.05) is 18.2 Å². The second-order valence-corrected chi connectivity index (χ2v) is 6.57. The molecule has 1 unspecified atom stereocenters. The van der Waals surface area contributed by atoms with E-state index in [1.165, 1.54) is 23.4 Å². The number of fused-ring (bicyclic) bond motifs is 1. The lowest BCUT2D eigenvalue weighted by Crippen LogP contribution is -2.21. The number of aryl methyl sites for hydroxylation is 2. The van der Waals surface area contributed by atoms with Gasteiger partial charge in [0.25, 0.3) is 0 Å². The van der Waals surface area contributed by atoms with Gasteiger partial charge in [-0.15, -0.1) is 11.3 Å². The van der Waals surface area contributed by atoms with E-state index in [-0.39, 0.29) is 0 Å². The molecule has 2 N–H and O–H groups in total. The van der Waals surface area contributed by atoms with Crippen molar-refractivity contribution < 1.29 is 5.11 Å². The van der Waals surface area contributed by atoms with E-state index in [0.717, 1.165) is 17.0 Å². The van der Waals surface area contributed by atoms with Gasteiger partial charge in [0, 0.05) is 28.6 Å². The molecule has 3 rings (SSSR count). The van der Waals surface area contributed by atoms with Gasteiger partial charge in [0.15, 0.2) is 0 Å². The van der Waals surface area contributed by atoms with E-state index in [9.17, 15) is 5.11 Å². The van der Waals surface area contributed by atoms with E-state index in [1.54, 1.807) is 17.4 Å². The van der Waals surface area contributed by atoms with Gasteiger partial charge < -0.3 is 10.4 Å². The average Bonchev–Trinajstić information content (AvgIpc) is 3.00. The summed E-state index contributed by atoms with van der Waals surface area (Å²) in [6, 6.07) is 7.40. The molecule has 0 saturated carbocycles. The Morgan fingerprint density at radius 2 is 2.20 bits per heavy atom. The van der Waals surface area contributed by atoms with Gasteiger partial charge in [0.2, 0.25) is 0 Å². The molecule has 1 atom stereocenters. The van der Waals surface area contributed by atoms with Crippen LogP contribution in [-0.2, 0) is 19.4 Å². The number of hydrogen-bond donors (Lipinski definition) is 2. The Kier molecular flexibility index (Phi) is 4.36. The highest BCUT2D eigenvalue weighted by Gasteiger charge is 2.16. The van der Waals surface area contributed by atoms with Crippen LogP contribution in [0.4, 0.5) is 0 Å².